The van der Waals surface area contributed by atoms with Gasteiger partial charge in [0.1, 0.15) is 11.3 Å². The second-order valence-corrected chi connectivity index (χ2v) is 7.45. The van der Waals surface area contributed by atoms with E-state index in [0.717, 1.165) is 37.8 Å². The Morgan fingerprint density at radius 2 is 1.67 bits per heavy atom. The Kier molecular flexibility index (Phi) is 8.06. The summed E-state index contributed by atoms with van der Waals surface area (Å²) in [6.07, 6.45) is 0.318. The molecule has 30 heavy (non-hydrogen) atoms. The maximum Gasteiger partial charge on any atom is 0.573 e. The van der Waals surface area contributed by atoms with Gasteiger partial charge in [-0.15, -0.1) is 13.2 Å². The number of alkyl halides is 3. The predicted octanol–water partition coefficient (Wildman–Crippen LogP) is 3.19. The summed E-state index contributed by atoms with van der Waals surface area (Å²) in [5, 5.41) is 14.9. The molecule has 2 rings (SSSR count). The number of likely N-dealkylation sites (N-methyl/N-ethyl adjacent to an activating group) is 1. The third-order valence-corrected chi connectivity index (χ3v) is 4.75. The number of carbonyl (C=O) groups excluding carboxylic acids is 2. The van der Waals surface area contributed by atoms with Crippen LogP contribution in [0.5, 0.6) is 5.75 Å². The molecule has 0 spiro atoms. The van der Waals surface area contributed by atoms with Crippen molar-refractivity contribution in [3.63, 3.8) is 0 Å². The van der Waals surface area contributed by atoms with Crippen molar-refractivity contribution in [3.05, 3.63) is 24.3 Å². The van der Waals surface area contributed by atoms with Crippen LogP contribution in [0, 0.1) is 11.3 Å². The molecular formula is C20H25F3N4O3. The Balaban J connectivity index is 1.81. The lowest BCUT2D eigenvalue weighted by atomic mass is 9.92. The topological polar surface area (TPSA) is 94.5 Å². The standard InChI is InChI=1S/C20H25F3N4O3/c1-27(13-18(29)26-19(14-24)10-4-2-3-5-11-19)12-17(28)25-15-6-8-16(9-7-15)30-20(21,22)23/h6-9H,2-5,10-13H2,1H3,(H,25,28)(H,26,29). The molecule has 7 nitrogen and oxygen atoms in total. The molecule has 1 aromatic rings. The lowest BCUT2D eigenvalue weighted by Gasteiger charge is -2.27. The van der Waals surface area contributed by atoms with Gasteiger partial charge in [0.25, 0.3) is 0 Å². The summed E-state index contributed by atoms with van der Waals surface area (Å²) in [6, 6.07) is 7.00. The van der Waals surface area contributed by atoms with E-state index in [9.17, 15) is 28.0 Å². The second-order valence-electron chi connectivity index (χ2n) is 7.45. The molecule has 2 amide bonds. The molecule has 0 saturated heterocycles. The van der Waals surface area contributed by atoms with Crippen molar-refractivity contribution >= 4 is 17.5 Å². The lowest BCUT2D eigenvalue weighted by Crippen LogP contribution is -2.50. The van der Waals surface area contributed by atoms with Gasteiger partial charge < -0.3 is 15.4 Å². The van der Waals surface area contributed by atoms with Gasteiger partial charge in [-0.1, -0.05) is 25.7 Å². The number of nitriles is 1. The molecule has 1 fully saturated rings. The average Bonchev–Trinajstić information content (AvgIpc) is 2.87. The van der Waals surface area contributed by atoms with Crippen LogP contribution in [-0.2, 0) is 9.59 Å². The molecule has 1 aliphatic carbocycles. The first-order valence-corrected chi connectivity index (χ1v) is 9.67. The van der Waals surface area contributed by atoms with Crippen molar-refractivity contribution in [2.75, 3.05) is 25.5 Å². The van der Waals surface area contributed by atoms with Crippen LogP contribution < -0.4 is 15.4 Å². The van der Waals surface area contributed by atoms with Gasteiger partial charge >= 0.3 is 6.36 Å². The number of ether oxygens (including phenoxy) is 1. The smallest absolute Gasteiger partial charge is 0.406 e. The third-order valence-electron chi connectivity index (χ3n) is 4.75. The summed E-state index contributed by atoms with van der Waals surface area (Å²) < 4.78 is 40.3. The van der Waals surface area contributed by atoms with Crippen molar-refractivity contribution in [1.82, 2.24) is 10.2 Å². The summed E-state index contributed by atoms with van der Waals surface area (Å²) in [5.41, 5.74) is -0.550. The first-order valence-electron chi connectivity index (χ1n) is 9.67. The Labute approximate surface area is 173 Å². The third kappa shape index (κ3) is 7.91. The van der Waals surface area contributed by atoms with E-state index in [1.54, 1.807) is 7.05 Å². The Hall–Kier alpha value is -2.80. The molecule has 0 bridgehead atoms. The minimum Gasteiger partial charge on any atom is -0.406 e. The Morgan fingerprint density at radius 3 is 2.20 bits per heavy atom. The molecule has 0 unspecified atom stereocenters. The van der Waals surface area contributed by atoms with Crippen LogP contribution in [0.3, 0.4) is 0 Å². The van der Waals surface area contributed by atoms with E-state index in [4.69, 9.17) is 0 Å². The SMILES string of the molecule is CN(CC(=O)Nc1ccc(OC(F)(F)F)cc1)CC(=O)NC1(C#N)CCCCCC1. The molecule has 2 N–H and O–H groups in total. The highest BCUT2D eigenvalue weighted by atomic mass is 19.4. The number of nitrogens with zero attached hydrogens (tertiary/aromatic N) is 2. The Bertz CT molecular complexity index is 767. The van der Waals surface area contributed by atoms with Crippen molar-refractivity contribution in [2.24, 2.45) is 0 Å². The van der Waals surface area contributed by atoms with Gasteiger partial charge in [0.15, 0.2) is 0 Å². The number of carbonyl (C=O) groups is 2. The Morgan fingerprint density at radius 1 is 1.10 bits per heavy atom. The van der Waals surface area contributed by atoms with Gasteiger partial charge in [0, 0.05) is 5.69 Å². The molecule has 1 aliphatic rings. The van der Waals surface area contributed by atoms with Crippen LogP contribution in [0.2, 0.25) is 0 Å². The summed E-state index contributed by atoms with van der Waals surface area (Å²) >= 11 is 0. The first-order chi connectivity index (χ1) is 14.1. The van der Waals surface area contributed by atoms with Crippen LogP contribution in [0.1, 0.15) is 38.5 Å². The van der Waals surface area contributed by atoms with Crippen LogP contribution in [0.4, 0.5) is 18.9 Å². The number of amides is 2. The highest BCUT2D eigenvalue weighted by Gasteiger charge is 2.33. The zero-order valence-corrected chi connectivity index (χ0v) is 16.7. The molecule has 0 atom stereocenters. The van der Waals surface area contributed by atoms with Gasteiger partial charge in [0.05, 0.1) is 19.2 Å². The molecule has 0 aliphatic heterocycles. The minimum absolute atomic E-state index is 0.0603. The van der Waals surface area contributed by atoms with Crippen LogP contribution in [0.25, 0.3) is 0 Å². The summed E-state index contributed by atoms with van der Waals surface area (Å²) in [5.74, 6) is -1.15. The highest BCUT2D eigenvalue weighted by molar-refractivity contribution is 5.92. The van der Waals surface area contributed by atoms with E-state index in [-0.39, 0.29) is 24.7 Å². The molecule has 1 saturated carbocycles. The summed E-state index contributed by atoms with van der Waals surface area (Å²) in [4.78, 5) is 26.0. The largest absolute Gasteiger partial charge is 0.573 e. The number of halogens is 3. The maximum absolute atomic E-state index is 12.3. The highest BCUT2D eigenvalue weighted by Crippen LogP contribution is 2.26. The number of hydrogen-bond acceptors (Lipinski definition) is 5. The van der Waals surface area contributed by atoms with Crippen molar-refractivity contribution < 1.29 is 27.5 Å². The molecule has 1 aromatic carbocycles. The minimum atomic E-state index is -4.78. The maximum atomic E-state index is 12.3. The number of nitrogens with one attached hydrogen (secondary N) is 2. The van der Waals surface area contributed by atoms with Crippen molar-refractivity contribution in [3.8, 4) is 11.8 Å². The normalized spacial score (nSPS) is 16.3. The predicted molar refractivity (Wildman–Crippen MR) is 103 cm³/mol. The quantitative estimate of drug-likeness (QED) is 0.653. The number of anilines is 1. The van der Waals surface area contributed by atoms with E-state index in [1.807, 2.05) is 0 Å². The lowest BCUT2D eigenvalue weighted by molar-refractivity contribution is -0.274. The van der Waals surface area contributed by atoms with Gasteiger partial charge in [-0.05, 0) is 44.2 Å². The van der Waals surface area contributed by atoms with Gasteiger partial charge in [-0.3, -0.25) is 14.5 Å². The molecule has 0 aromatic heterocycles. The van der Waals surface area contributed by atoms with Crippen LogP contribution in [0.15, 0.2) is 24.3 Å². The van der Waals surface area contributed by atoms with Crippen LogP contribution in [-0.4, -0.2) is 48.8 Å². The number of benzene rings is 1. The van der Waals surface area contributed by atoms with Crippen molar-refractivity contribution in [2.45, 2.75) is 50.4 Å². The number of hydrogen-bond donors (Lipinski definition) is 2. The second kappa shape index (κ2) is 10.3. The van der Waals surface area contributed by atoms with Gasteiger partial charge in [0.2, 0.25) is 11.8 Å². The summed E-state index contributed by atoms with van der Waals surface area (Å²) in [7, 11) is 1.59. The van der Waals surface area contributed by atoms with Gasteiger partial charge in [-0.25, -0.2) is 0 Å². The fourth-order valence-electron chi connectivity index (χ4n) is 3.39. The molecule has 164 valence electrons. The van der Waals surface area contributed by atoms with E-state index in [2.05, 4.69) is 21.4 Å². The molecular weight excluding hydrogens is 401 g/mol. The molecule has 10 heteroatoms. The molecule has 0 heterocycles. The zero-order valence-electron chi connectivity index (χ0n) is 16.7. The van der Waals surface area contributed by atoms with E-state index >= 15 is 0 Å². The van der Waals surface area contributed by atoms with E-state index in [1.165, 1.54) is 17.0 Å². The fourth-order valence-corrected chi connectivity index (χ4v) is 3.39. The fraction of sp³-hybridized carbons (Fsp3) is 0.550. The van der Waals surface area contributed by atoms with Crippen molar-refractivity contribution in [1.29, 1.82) is 5.26 Å². The van der Waals surface area contributed by atoms with E-state index in [0.29, 0.717) is 18.5 Å². The first kappa shape index (κ1) is 23.5. The number of rotatable bonds is 7. The molecule has 0 radical (unpaired) electrons. The van der Waals surface area contributed by atoms with Gasteiger partial charge in [-0.2, -0.15) is 5.26 Å². The summed E-state index contributed by atoms with van der Waals surface area (Å²) in [6.45, 7) is -0.164. The zero-order chi connectivity index (χ0) is 22.2. The van der Waals surface area contributed by atoms with E-state index < -0.39 is 17.8 Å². The van der Waals surface area contributed by atoms with Crippen LogP contribution >= 0.6 is 0 Å². The average molecular weight is 426 g/mol. The monoisotopic (exact) mass is 426 g/mol.